The Balaban J connectivity index is 1.46. The summed E-state index contributed by atoms with van der Waals surface area (Å²) in [5.74, 6) is 1.36. The lowest BCUT2D eigenvalue weighted by atomic mass is 9.75. The number of carboxylic acids is 1. The van der Waals surface area contributed by atoms with Gasteiger partial charge < -0.3 is 24.6 Å². The molecule has 1 saturated carbocycles. The minimum absolute atomic E-state index is 0.0976. The third kappa shape index (κ3) is 7.89. The first-order valence-corrected chi connectivity index (χ1v) is 14.1. The molecule has 2 N–H and O–H groups in total. The predicted molar refractivity (Wildman–Crippen MR) is 150 cm³/mol. The standard InChI is InChI=1S/C29H40N4O7/c1-19(2)23-6-4-20(3)16-26(23)39-13-10-30-28-24(33(36)37)7-9-27(31-28)40-25-8-5-21(29(34)35)17-22(25)18-32-11-14-38-15-12-32/h5,7-9,17,19-20,23,26H,4,6,10-16,18H2,1-3H3,(H,30,31)(H,34,35). The van der Waals surface area contributed by atoms with Crippen LogP contribution in [0.3, 0.4) is 0 Å². The van der Waals surface area contributed by atoms with E-state index >= 15 is 0 Å². The molecule has 2 fully saturated rings. The largest absolute Gasteiger partial charge is 0.478 e. The van der Waals surface area contributed by atoms with Gasteiger partial charge in [0, 0.05) is 43.9 Å². The van der Waals surface area contributed by atoms with Gasteiger partial charge in [0.2, 0.25) is 11.7 Å². The number of nitrogens with one attached hydrogen (secondary N) is 1. The zero-order chi connectivity index (χ0) is 28.6. The molecule has 3 unspecified atom stereocenters. The molecule has 2 aliphatic rings. The van der Waals surface area contributed by atoms with Crippen LogP contribution >= 0.6 is 0 Å². The molecule has 0 bridgehead atoms. The number of aromatic nitrogens is 1. The molecule has 0 amide bonds. The van der Waals surface area contributed by atoms with Gasteiger partial charge in [0.15, 0.2) is 0 Å². The van der Waals surface area contributed by atoms with Crippen molar-refractivity contribution in [1.82, 2.24) is 9.88 Å². The van der Waals surface area contributed by atoms with Crippen molar-refractivity contribution in [3.8, 4) is 11.6 Å². The van der Waals surface area contributed by atoms with Crippen molar-refractivity contribution in [1.29, 1.82) is 0 Å². The van der Waals surface area contributed by atoms with Crippen LogP contribution in [-0.2, 0) is 16.0 Å². The van der Waals surface area contributed by atoms with Gasteiger partial charge >= 0.3 is 11.7 Å². The Morgan fingerprint density at radius 3 is 2.73 bits per heavy atom. The predicted octanol–water partition coefficient (Wildman–Crippen LogP) is 5.20. The van der Waals surface area contributed by atoms with Crippen molar-refractivity contribution in [2.75, 3.05) is 44.8 Å². The Labute approximate surface area is 235 Å². The molecule has 0 radical (unpaired) electrons. The van der Waals surface area contributed by atoms with E-state index in [1.165, 1.54) is 24.6 Å². The average Bonchev–Trinajstić information content (AvgIpc) is 2.92. The minimum Gasteiger partial charge on any atom is -0.478 e. The molecule has 3 atom stereocenters. The maximum Gasteiger partial charge on any atom is 0.335 e. The SMILES string of the molecule is CC1CCC(C(C)C)C(OCCNc2nc(Oc3ccc(C(=O)O)cc3CN3CCOCC3)ccc2[N+](=O)[O-])C1. The first-order valence-electron chi connectivity index (χ1n) is 14.1. The van der Waals surface area contributed by atoms with Crippen molar-refractivity contribution in [3.05, 3.63) is 51.6 Å². The molecule has 1 aliphatic heterocycles. The lowest BCUT2D eigenvalue weighted by molar-refractivity contribution is -0.384. The van der Waals surface area contributed by atoms with Crippen molar-refractivity contribution < 1.29 is 29.0 Å². The van der Waals surface area contributed by atoms with Gasteiger partial charge in [-0.3, -0.25) is 15.0 Å². The number of nitrogens with zero attached hydrogens (tertiary/aromatic N) is 3. The molecule has 1 aromatic carbocycles. The highest BCUT2D eigenvalue weighted by Gasteiger charge is 2.31. The monoisotopic (exact) mass is 556 g/mol. The number of aromatic carboxylic acids is 1. The number of carbonyl (C=O) groups is 1. The van der Waals surface area contributed by atoms with Gasteiger partial charge in [0.1, 0.15) is 5.75 Å². The van der Waals surface area contributed by atoms with E-state index in [-0.39, 0.29) is 29.1 Å². The molecule has 40 heavy (non-hydrogen) atoms. The summed E-state index contributed by atoms with van der Waals surface area (Å²) in [7, 11) is 0. The second-order valence-corrected chi connectivity index (χ2v) is 11.1. The average molecular weight is 557 g/mol. The van der Waals surface area contributed by atoms with Crippen molar-refractivity contribution in [2.24, 2.45) is 17.8 Å². The molecule has 2 heterocycles. The van der Waals surface area contributed by atoms with Gasteiger partial charge in [0.25, 0.3) is 0 Å². The second kappa shape index (κ2) is 13.9. The number of anilines is 1. The molecule has 11 nitrogen and oxygen atoms in total. The van der Waals surface area contributed by atoms with Crippen LogP contribution in [0.5, 0.6) is 11.6 Å². The van der Waals surface area contributed by atoms with Crippen LogP contribution in [0.2, 0.25) is 0 Å². The first-order chi connectivity index (χ1) is 19.2. The van der Waals surface area contributed by atoms with E-state index in [1.807, 2.05) is 0 Å². The van der Waals surface area contributed by atoms with E-state index in [0.717, 1.165) is 25.9 Å². The van der Waals surface area contributed by atoms with Gasteiger partial charge in [-0.05, 0) is 48.8 Å². The summed E-state index contributed by atoms with van der Waals surface area (Å²) in [5.41, 5.74) is 0.682. The Morgan fingerprint density at radius 1 is 1.25 bits per heavy atom. The fourth-order valence-electron chi connectivity index (χ4n) is 5.50. The highest BCUT2D eigenvalue weighted by molar-refractivity contribution is 5.88. The molecule has 1 aromatic heterocycles. The van der Waals surface area contributed by atoms with Crippen LogP contribution in [0.1, 0.15) is 56.0 Å². The lowest BCUT2D eigenvalue weighted by Gasteiger charge is -2.37. The Bertz CT molecular complexity index is 1170. The Kier molecular flexibility index (Phi) is 10.3. The minimum atomic E-state index is -1.03. The van der Waals surface area contributed by atoms with E-state index in [0.29, 0.717) is 62.0 Å². The van der Waals surface area contributed by atoms with Crippen LogP contribution in [-0.4, -0.2) is 71.4 Å². The van der Waals surface area contributed by atoms with Crippen molar-refractivity contribution in [3.63, 3.8) is 0 Å². The quantitative estimate of drug-likeness (QED) is 0.204. The van der Waals surface area contributed by atoms with Gasteiger partial charge in [0.05, 0.1) is 36.4 Å². The highest BCUT2D eigenvalue weighted by Crippen LogP contribution is 2.35. The smallest absolute Gasteiger partial charge is 0.335 e. The topological polar surface area (TPSA) is 136 Å². The van der Waals surface area contributed by atoms with E-state index < -0.39 is 10.9 Å². The number of benzene rings is 1. The Hall–Kier alpha value is -3.28. The molecular formula is C29H40N4O7. The molecule has 2 aromatic rings. The maximum atomic E-state index is 11.7. The van der Waals surface area contributed by atoms with Crippen molar-refractivity contribution in [2.45, 2.75) is 52.7 Å². The summed E-state index contributed by atoms with van der Waals surface area (Å²) in [6, 6.07) is 7.46. The van der Waals surface area contributed by atoms with Crippen molar-refractivity contribution >= 4 is 17.5 Å². The van der Waals surface area contributed by atoms with Crippen LogP contribution in [0.4, 0.5) is 11.5 Å². The number of ether oxygens (including phenoxy) is 3. The number of nitro groups is 1. The van der Waals surface area contributed by atoms with E-state index in [2.05, 4.69) is 36.0 Å². The molecule has 1 aliphatic carbocycles. The number of hydrogen-bond acceptors (Lipinski definition) is 9. The van der Waals surface area contributed by atoms with Gasteiger partial charge in [-0.1, -0.05) is 27.2 Å². The molecule has 1 saturated heterocycles. The van der Waals surface area contributed by atoms with Crippen LogP contribution in [0.15, 0.2) is 30.3 Å². The summed E-state index contributed by atoms with van der Waals surface area (Å²) < 4.78 is 17.7. The Morgan fingerprint density at radius 2 is 2.02 bits per heavy atom. The number of rotatable bonds is 12. The summed E-state index contributed by atoms with van der Waals surface area (Å²) in [6.45, 7) is 10.6. The van der Waals surface area contributed by atoms with Gasteiger partial charge in [-0.15, -0.1) is 0 Å². The summed E-state index contributed by atoms with van der Waals surface area (Å²) in [6.07, 6.45) is 3.58. The molecule has 0 spiro atoms. The number of hydrogen-bond donors (Lipinski definition) is 2. The van der Waals surface area contributed by atoms with Crippen LogP contribution < -0.4 is 10.1 Å². The van der Waals surface area contributed by atoms with Gasteiger partial charge in [-0.25, -0.2) is 4.79 Å². The fraction of sp³-hybridized carbons (Fsp3) is 0.586. The van der Waals surface area contributed by atoms with Crippen LogP contribution in [0.25, 0.3) is 0 Å². The second-order valence-electron chi connectivity index (χ2n) is 11.1. The third-order valence-electron chi connectivity index (χ3n) is 7.75. The summed E-state index contributed by atoms with van der Waals surface area (Å²) >= 11 is 0. The van der Waals surface area contributed by atoms with E-state index in [1.54, 1.807) is 12.1 Å². The van der Waals surface area contributed by atoms with E-state index in [4.69, 9.17) is 14.2 Å². The molecular weight excluding hydrogens is 516 g/mol. The van der Waals surface area contributed by atoms with E-state index in [9.17, 15) is 20.0 Å². The summed E-state index contributed by atoms with van der Waals surface area (Å²) in [4.78, 5) is 29.3. The normalized spacial score (nSPS) is 21.8. The lowest BCUT2D eigenvalue weighted by Crippen LogP contribution is -2.35. The van der Waals surface area contributed by atoms with Gasteiger partial charge in [-0.2, -0.15) is 4.98 Å². The highest BCUT2D eigenvalue weighted by atomic mass is 16.6. The number of morpholine rings is 1. The number of carboxylic acid groups (broad SMARTS) is 1. The number of pyridine rings is 1. The van der Waals surface area contributed by atoms with Crippen LogP contribution in [0, 0.1) is 27.9 Å². The molecule has 11 heteroatoms. The fourth-order valence-corrected chi connectivity index (χ4v) is 5.50. The molecule has 4 rings (SSSR count). The zero-order valence-corrected chi connectivity index (χ0v) is 23.5. The molecule has 218 valence electrons. The summed E-state index contributed by atoms with van der Waals surface area (Å²) in [5, 5.41) is 24.2. The first kappa shape index (κ1) is 29.7. The third-order valence-corrected chi connectivity index (χ3v) is 7.75. The maximum absolute atomic E-state index is 11.7. The zero-order valence-electron chi connectivity index (χ0n) is 23.5.